The number of aromatic nitrogens is 1. The van der Waals surface area contributed by atoms with Crippen LogP contribution in [0.15, 0.2) is 121 Å². The Labute approximate surface area is 290 Å². The second kappa shape index (κ2) is 16.6. The number of nitrogens with zero attached hydrogens (tertiary/aromatic N) is 1. The molecule has 4 atom stereocenters. The van der Waals surface area contributed by atoms with Gasteiger partial charge in [0.1, 0.15) is 12.1 Å². The number of carboxylic acid groups (broad SMARTS) is 1. The number of aromatic carboxylic acids is 1. The van der Waals surface area contributed by atoms with E-state index in [4.69, 9.17) is 5.73 Å². The summed E-state index contributed by atoms with van der Waals surface area (Å²) in [7, 11) is 0. The molecule has 6 N–H and O–H groups in total. The largest absolute Gasteiger partial charge is 0.478 e. The van der Waals surface area contributed by atoms with Gasteiger partial charge < -0.3 is 31.4 Å². The maximum absolute atomic E-state index is 14.1. The third-order valence-electron chi connectivity index (χ3n) is 8.26. The summed E-state index contributed by atoms with van der Waals surface area (Å²) < 4.78 is 1.87. The monoisotopic (exact) mass is 677 g/mol. The van der Waals surface area contributed by atoms with Gasteiger partial charge in [0.15, 0.2) is 0 Å². The van der Waals surface area contributed by atoms with Crippen LogP contribution >= 0.6 is 12.6 Å². The van der Waals surface area contributed by atoms with Crippen LogP contribution in [0.1, 0.15) is 27.0 Å². The van der Waals surface area contributed by atoms with Crippen molar-refractivity contribution < 1.29 is 24.3 Å². The number of nitrogens with two attached hydrogens (primary N) is 1. The number of carboxylic acids is 1. The fraction of sp³-hybridized carbons (Fsp3) is 0.211. The van der Waals surface area contributed by atoms with Crippen LogP contribution in [0, 0.1) is 0 Å². The molecule has 0 bridgehead atoms. The third-order valence-corrected chi connectivity index (χ3v) is 8.88. The molecule has 0 spiro atoms. The van der Waals surface area contributed by atoms with Crippen LogP contribution in [0.5, 0.6) is 0 Å². The van der Waals surface area contributed by atoms with Crippen LogP contribution in [-0.4, -0.2) is 56.7 Å². The molecule has 11 heteroatoms. The number of carbonyl (C=O) groups is 4. The van der Waals surface area contributed by atoms with Crippen molar-refractivity contribution in [2.75, 3.05) is 0 Å². The molecule has 0 aliphatic carbocycles. The van der Waals surface area contributed by atoms with Gasteiger partial charge in [-0.2, -0.15) is 12.6 Å². The zero-order chi connectivity index (χ0) is 34.8. The van der Waals surface area contributed by atoms with Crippen molar-refractivity contribution in [2.45, 2.75) is 49.3 Å². The molecule has 0 radical (unpaired) electrons. The first-order valence-corrected chi connectivity index (χ1v) is 16.5. The highest BCUT2D eigenvalue weighted by Crippen LogP contribution is 2.17. The average molecular weight is 678 g/mol. The van der Waals surface area contributed by atoms with E-state index in [1.54, 1.807) is 12.1 Å². The average Bonchev–Trinajstić information content (AvgIpc) is 3.53. The Morgan fingerprint density at radius 1 is 0.673 bits per heavy atom. The number of carbonyl (C=O) groups excluding carboxylic acids is 3. The summed E-state index contributed by atoms with van der Waals surface area (Å²) in [4.78, 5) is 52.4. The predicted octanol–water partition coefficient (Wildman–Crippen LogP) is 3.74. The summed E-state index contributed by atoms with van der Waals surface area (Å²) in [5.74, 6) is -2.50. The van der Waals surface area contributed by atoms with Crippen LogP contribution in [0.3, 0.4) is 0 Å². The Hall–Kier alpha value is -5.39. The van der Waals surface area contributed by atoms with E-state index in [0.717, 1.165) is 27.6 Å². The summed E-state index contributed by atoms with van der Waals surface area (Å²) in [6, 6.07) is 32.0. The van der Waals surface area contributed by atoms with E-state index in [-0.39, 0.29) is 37.4 Å². The minimum atomic E-state index is -1.08. The molecular weight excluding hydrogens is 639 g/mol. The van der Waals surface area contributed by atoms with E-state index >= 15 is 0 Å². The topological polar surface area (TPSA) is 156 Å². The van der Waals surface area contributed by atoms with Crippen LogP contribution in [0.25, 0.3) is 10.9 Å². The predicted molar refractivity (Wildman–Crippen MR) is 192 cm³/mol. The van der Waals surface area contributed by atoms with Gasteiger partial charge in [0.2, 0.25) is 17.7 Å². The number of rotatable bonds is 15. The standard InChI is InChI=1S/C38H39N5O5S/c39-30(21-26-15-17-29(18-16-26)38(47)48)34(49)37(46)42-32(24-43-20-19-28-13-7-8-14-33(28)43)36(45)41-31(22-25-9-3-1-4-10-25)35(44)40-23-27-11-5-2-6-12-27/h1-20,30-32,34,49H,21-24,39H2,(H,40,44)(H,41,45)(H,42,46)(H,47,48)/t30-,31-,32-,34-/m0/s1. The van der Waals surface area contributed by atoms with Gasteiger partial charge in [-0.15, -0.1) is 0 Å². The third kappa shape index (κ3) is 9.59. The van der Waals surface area contributed by atoms with Crippen molar-refractivity contribution in [1.82, 2.24) is 20.5 Å². The molecule has 0 aliphatic rings. The van der Waals surface area contributed by atoms with E-state index in [0.29, 0.717) is 0 Å². The molecule has 0 aliphatic heterocycles. The number of hydrogen-bond acceptors (Lipinski definition) is 6. The van der Waals surface area contributed by atoms with Gasteiger partial charge in [0.25, 0.3) is 0 Å². The number of thiol groups is 1. The zero-order valence-corrected chi connectivity index (χ0v) is 27.6. The molecular formula is C38H39N5O5S. The highest BCUT2D eigenvalue weighted by molar-refractivity contribution is 7.81. The Balaban J connectivity index is 1.34. The van der Waals surface area contributed by atoms with Crippen LogP contribution in [0.2, 0.25) is 0 Å². The first kappa shape index (κ1) is 34.9. The minimum Gasteiger partial charge on any atom is -0.478 e. The molecule has 0 saturated carbocycles. The molecule has 10 nitrogen and oxygen atoms in total. The fourth-order valence-corrected chi connectivity index (χ4v) is 5.73. The normalized spacial score (nSPS) is 13.5. The number of hydrogen-bond donors (Lipinski definition) is 6. The van der Waals surface area contributed by atoms with Crippen molar-refractivity contribution in [3.8, 4) is 0 Å². The number of amides is 3. The second-order valence-electron chi connectivity index (χ2n) is 11.9. The molecule has 0 fully saturated rings. The Morgan fingerprint density at radius 2 is 1.27 bits per heavy atom. The summed E-state index contributed by atoms with van der Waals surface area (Å²) in [6.45, 7) is 0.371. The maximum atomic E-state index is 14.1. The van der Waals surface area contributed by atoms with Gasteiger partial charge in [0, 0.05) is 30.7 Å². The fourth-order valence-electron chi connectivity index (χ4n) is 5.55. The number of nitrogens with one attached hydrogen (secondary N) is 3. The summed E-state index contributed by atoms with van der Waals surface area (Å²) in [5, 5.41) is 17.8. The number of fused-ring (bicyclic) bond motifs is 1. The SMILES string of the molecule is N[C@@H](Cc1ccc(C(=O)O)cc1)[C@H](S)C(=O)N[C@@H](Cn1ccc2ccccc21)C(=O)N[C@@H](Cc1ccccc1)C(=O)NCc1ccccc1. The summed E-state index contributed by atoms with van der Waals surface area (Å²) in [5.41, 5.74) is 9.92. The zero-order valence-electron chi connectivity index (χ0n) is 26.7. The Bertz CT molecular complexity index is 1880. The maximum Gasteiger partial charge on any atom is 0.335 e. The minimum absolute atomic E-state index is 0.0845. The Morgan fingerprint density at radius 3 is 1.94 bits per heavy atom. The van der Waals surface area contributed by atoms with Gasteiger partial charge in [-0.1, -0.05) is 91.0 Å². The van der Waals surface area contributed by atoms with Crippen molar-refractivity contribution in [3.05, 3.63) is 144 Å². The van der Waals surface area contributed by atoms with Gasteiger partial charge in [-0.25, -0.2) is 4.79 Å². The van der Waals surface area contributed by atoms with Crippen LogP contribution in [0.4, 0.5) is 0 Å². The lowest BCUT2D eigenvalue weighted by Gasteiger charge is -2.26. The first-order chi connectivity index (χ1) is 23.7. The van der Waals surface area contributed by atoms with Crippen molar-refractivity contribution in [3.63, 3.8) is 0 Å². The van der Waals surface area contributed by atoms with Gasteiger partial charge in [-0.3, -0.25) is 14.4 Å². The van der Waals surface area contributed by atoms with E-state index in [9.17, 15) is 24.3 Å². The molecule has 5 aromatic rings. The molecule has 5 rings (SSSR count). The molecule has 4 aromatic carbocycles. The van der Waals surface area contributed by atoms with Crippen molar-refractivity contribution >= 4 is 47.2 Å². The lowest BCUT2D eigenvalue weighted by atomic mass is 10.0. The van der Waals surface area contributed by atoms with Gasteiger partial charge in [0.05, 0.1) is 17.4 Å². The van der Waals surface area contributed by atoms with Crippen molar-refractivity contribution in [2.24, 2.45) is 5.73 Å². The summed E-state index contributed by atoms with van der Waals surface area (Å²) in [6.07, 6.45) is 2.33. The van der Waals surface area contributed by atoms with Crippen LogP contribution < -0.4 is 21.7 Å². The van der Waals surface area contributed by atoms with Crippen molar-refractivity contribution in [1.29, 1.82) is 0 Å². The quantitative estimate of drug-likeness (QED) is 0.0929. The van der Waals surface area contributed by atoms with E-state index in [2.05, 4.69) is 28.6 Å². The highest BCUT2D eigenvalue weighted by atomic mass is 32.1. The second-order valence-corrected chi connectivity index (χ2v) is 12.4. The van der Waals surface area contributed by atoms with E-state index in [1.807, 2.05) is 102 Å². The lowest BCUT2D eigenvalue weighted by molar-refractivity contribution is -0.132. The highest BCUT2D eigenvalue weighted by Gasteiger charge is 2.31. The molecule has 0 unspecified atom stereocenters. The van der Waals surface area contributed by atoms with Crippen LogP contribution in [-0.2, 0) is 40.3 Å². The molecule has 1 aromatic heterocycles. The van der Waals surface area contributed by atoms with E-state index in [1.165, 1.54) is 12.1 Å². The molecule has 49 heavy (non-hydrogen) atoms. The smallest absolute Gasteiger partial charge is 0.335 e. The molecule has 1 heterocycles. The molecule has 252 valence electrons. The van der Waals surface area contributed by atoms with Gasteiger partial charge >= 0.3 is 5.97 Å². The molecule has 0 saturated heterocycles. The first-order valence-electron chi connectivity index (χ1n) is 15.9. The number of benzene rings is 4. The lowest BCUT2D eigenvalue weighted by Crippen LogP contribution is -2.57. The van der Waals surface area contributed by atoms with E-state index < -0.39 is 41.2 Å². The van der Waals surface area contributed by atoms with Gasteiger partial charge in [-0.05, 0) is 52.8 Å². The Kier molecular flexibility index (Phi) is 11.9. The summed E-state index contributed by atoms with van der Waals surface area (Å²) >= 11 is 4.52. The number of para-hydroxylation sites is 1. The molecule has 3 amide bonds.